The standard InChI is InChI=1S/C38H52O6/c1-33(2)27-14-17-38(7)28(36(27,5)16-15-29(33)44-31(41)24-11-9-8-10-23(24)30(39)40)13-12-25-26-22-35(4,32(42)43)19-18-34(26,3)20-21-37(25,38)6/h8-12,26-29H,13-22H2,1-7H3,(H,39,40)(H,42,43)/t26-,27-,28+,29-,34+,35-,36-,37+,38+/m0/s1. The fourth-order valence-electron chi connectivity index (χ4n) is 11.8. The third-order valence-corrected chi connectivity index (χ3v) is 14.9. The van der Waals surface area contributed by atoms with Gasteiger partial charge in [-0.3, -0.25) is 4.79 Å². The molecule has 9 atom stereocenters. The molecule has 6 heteroatoms. The zero-order valence-electron chi connectivity index (χ0n) is 27.8. The molecule has 0 aliphatic heterocycles. The number of esters is 1. The summed E-state index contributed by atoms with van der Waals surface area (Å²) in [7, 11) is 0. The first-order valence-corrected chi connectivity index (χ1v) is 16.9. The molecular weight excluding hydrogens is 552 g/mol. The first-order valence-electron chi connectivity index (χ1n) is 16.9. The molecule has 0 radical (unpaired) electrons. The third-order valence-electron chi connectivity index (χ3n) is 14.9. The maximum atomic E-state index is 13.3. The van der Waals surface area contributed by atoms with Crippen LogP contribution in [0.1, 0.15) is 133 Å². The fraction of sp³-hybridized carbons (Fsp3) is 0.711. The minimum atomic E-state index is -1.12. The summed E-state index contributed by atoms with van der Waals surface area (Å²) in [6.07, 6.45) is 12.0. The van der Waals surface area contributed by atoms with Crippen LogP contribution < -0.4 is 0 Å². The molecule has 5 aliphatic carbocycles. The molecule has 0 bridgehead atoms. The van der Waals surface area contributed by atoms with Gasteiger partial charge in [-0.2, -0.15) is 0 Å². The van der Waals surface area contributed by atoms with E-state index in [-0.39, 0.29) is 44.3 Å². The molecule has 240 valence electrons. The number of rotatable bonds is 4. The minimum Gasteiger partial charge on any atom is -0.481 e. The van der Waals surface area contributed by atoms with Crippen LogP contribution in [-0.2, 0) is 9.53 Å². The Kier molecular flexibility index (Phi) is 7.08. The lowest BCUT2D eigenvalue weighted by atomic mass is 9.33. The molecule has 5 aliphatic rings. The number of aromatic carboxylic acids is 1. The summed E-state index contributed by atoms with van der Waals surface area (Å²) in [4.78, 5) is 37.5. The molecule has 0 saturated heterocycles. The average molecular weight is 605 g/mol. The normalized spacial score (nSPS) is 44.1. The van der Waals surface area contributed by atoms with Gasteiger partial charge in [0, 0.05) is 5.41 Å². The Morgan fingerprint density at radius 1 is 0.795 bits per heavy atom. The Bertz CT molecular complexity index is 1430. The molecule has 0 heterocycles. The van der Waals surface area contributed by atoms with Crippen molar-refractivity contribution in [1.82, 2.24) is 0 Å². The van der Waals surface area contributed by atoms with E-state index in [9.17, 15) is 24.6 Å². The molecule has 0 aromatic heterocycles. The molecule has 0 unspecified atom stereocenters. The Morgan fingerprint density at radius 3 is 2.11 bits per heavy atom. The van der Waals surface area contributed by atoms with Gasteiger partial charge in [-0.15, -0.1) is 0 Å². The Labute approximate surface area is 263 Å². The monoisotopic (exact) mass is 604 g/mol. The Hall–Kier alpha value is -2.63. The maximum absolute atomic E-state index is 13.3. The summed E-state index contributed by atoms with van der Waals surface area (Å²) in [5.41, 5.74) is 1.13. The van der Waals surface area contributed by atoms with E-state index < -0.39 is 23.3 Å². The number of ether oxygens (including phenoxy) is 1. The van der Waals surface area contributed by atoms with Gasteiger partial charge >= 0.3 is 17.9 Å². The number of hydrogen-bond donors (Lipinski definition) is 2. The van der Waals surface area contributed by atoms with E-state index in [4.69, 9.17) is 4.74 Å². The average Bonchev–Trinajstić information content (AvgIpc) is 2.95. The topological polar surface area (TPSA) is 101 Å². The summed E-state index contributed by atoms with van der Waals surface area (Å²) >= 11 is 0. The number of carbonyl (C=O) groups excluding carboxylic acids is 1. The van der Waals surface area contributed by atoms with Crippen molar-refractivity contribution in [2.24, 2.45) is 50.2 Å². The van der Waals surface area contributed by atoms with E-state index in [1.165, 1.54) is 6.07 Å². The second-order valence-electron chi connectivity index (χ2n) is 17.2. The molecule has 4 fully saturated rings. The number of allylic oxidation sites excluding steroid dienone is 2. The van der Waals surface area contributed by atoms with Crippen molar-refractivity contribution in [1.29, 1.82) is 0 Å². The number of carboxylic acid groups (broad SMARTS) is 2. The number of carboxylic acids is 2. The van der Waals surface area contributed by atoms with E-state index in [0.717, 1.165) is 64.2 Å². The lowest BCUT2D eigenvalue weighted by Crippen LogP contribution is -2.64. The molecule has 2 N–H and O–H groups in total. The Morgan fingerprint density at radius 2 is 1.45 bits per heavy atom. The number of carbonyl (C=O) groups is 3. The van der Waals surface area contributed by atoms with Crippen molar-refractivity contribution in [3.63, 3.8) is 0 Å². The summed E-state index contributed by atoms with van der Waals surface area (Å²) in [5, 5.41) is 19.8. The largest absolute Gasteiger partial charge is 0.481 e. The zero-order valence-corrected chi connectivity index (χ0v) is 27.8. The smallest absolute Gasteiger partial charge is 0.339 e. The quantitative estimate of drug-likeness (QED) is 0.263. The first kappa shape index (κ1) is 31.4. The van der Waals surface area contributed by atoms with Crippen LogP contribution in [-0.4, -0.2) is 34.2 Å². The van der Waals surface area contributed by atoms with Gasteiger partial charge in [0.2, 0.25) is 0 Å². The second-order valence-corrected chi connectivity index (χ2v) is 17.2. The fourth-order valence-corrected chi connectivity index (χ4v) is 11.8. The first-order chi connectivity index (χ1) is 20.4. The zero-order chi connectivity index (χ0) is 32.1. The van der Waals surface area contributed by atoms with Crippen LogP contribution in [0.2, 0.25) is 0 Å². The highest BCUT2D eigenvalue weighted by molar-refractivity contribution is 6.02. The van der Waals surface area contributed by atoms with Gasteiger partial charge < -0.3 is 14.9 Å². The van der Waals surface area contributed by atoms with E-state index in [0.29, 0.717) is 17.8 Å². The van der Waals surface area contributed by atoms with Crippen LogP contribution in [0.4, 0.5) is 0 Å². The highest BCUT2D eigenvalue weighted by Gasteiger charge is 2.68. The SMILES string of the molecule is CC1(C)[C@@H](OC(=O)c2ccccc2C(=O)O)CC[C@]2(C)[C@H]3CC=C4[C@@H]5C[C@@](C)(C(=O)O)CC[C@]5(C)CC[C@@]4(C)[C@]3(C)CC[C@@H]12. The van der Waals surface area contributed by atoms with Crippen LogP contribution in [0.5, 0.6) is 0 Å². The lowest BCUT2D eigenvalue weighted by molar-refractivity contribution is -0.203. The van der Waals surface area contributed by atoms with Gasteiger partial charge in [0.15, 0.2) is 0 Å². The van der Waals surface area contributed by atoms with Crippen molar-refractivity contribution >= 4 is 17.9 Å². The van der Waals surface area contributed by atoms with Crippen LogP contribution in [0.25, 0.3) is 0 Å². The molecule has 1 aromatic rings. The predicted molar refractivity (Wildman–Crippen MR) is 169 cm³/mol. The molecule has 6 nitrogen and oxygen atoms in total. The molecule has 0 amide bonds. The van der Waals surface area contributed by atoms with Gasteiger partial charge in [-0.25, -0.2) is 9.59 Å². The highest BCUT2D eigenvalue weighted by atomic mass is 16.5. The van der Waals surface area contributed by atoms with E-state index in [2.05, 4.69) is 47.6 Å². The summed E-state index contributed by atoms with van der Waals surface area (Å²) < 4.78 is 6.19. The van der Waals surface area contributed by atoms with E-state index in [1.54, 1.807) is 23.8 Å². The number of fused-ring (bicyclic) bond motifs is 7. The predicted octanol–water partition coefficient (Wildman–Crippen LogP) is 8.80. The third kappa shape index (κ3) is 4.21. The summed E-state index contributed by atoms with van der Waals surface area (Å²) in [6, 6.07) is 6.32. The lowest BCUT2D eigenvalue weighted by Gasteiger charge is -2.71. The van der Waals surface area contributed by atoms with Gasteiger partial charge in [-0.05, 0) is 123 Å². The second kappa shape index (κ2) is 9.93. The van der Waals surface area contributed by atoms with Gasteiger partial charge in [-0.1, -0.05) is 65.3 Å². The molecule has 1 aromatic carbocycles. The van der Waals surface area contributed by atoms with Crippen LogP contribution in [0.15, 0.2) is 35.9 Å². The number of aliphatic carboxylic acids is 1. The summed E-state index contributed by atoms with van der Waals surface area (Å²) in [5.74, 6) is -1.14. The van der Waals surface area contributed by atoms with Crippen molar-refractivity contribution in [3.05, 3.63) is 47.0 Å². The van der Waals surface area contributed by atoms with Crippen LogP contribution in [0.3, 0.4) is 0 Å². The Balaban J connectivity index is 1.30. The summed E-state index contributed by atoms with van der Waals surface area (Å²) in [6.45, 7) is 16.5. The minimum absolute atomic E-state index is 0.0207. The van der Waals surface area contributed by atoms with Gasteiger partial charge in [0.1, 0.15) is 6.10 Å². The van der Waals surface area contributed by atoms with E-state index >= 15 is 0 Å². The molecule has 6 rings (SSSR count). The van der Waals surface area contributed by atoms with Gasteiger partial charge in [0.05, 0.1) is 16.5 Å². The molecule has 0 spiro atoms. The highest BCUT2D eigenvalue weighted by Crippen LogP contribution is 2.75. The van der Waals surface area contributed by atoms with Crippen molar-refractivity contribution in [3.8, 4) is 0 Å². The van der Waals surface area contributed by atoms with Crippen molar-refractivity contribution in [2.45, 2.75) is 119 Å². The molecule has 44 heavy (non-hydrogen) atoms. The van der Waals surface area contributed by atoms with Crippen LogP contribution in [0, 0.1) is 50.2 Å². The van der Waals surface area contributed by atoms with Crippen LogP contribution >= 0.6 is 0 Å². The maximum Gasteiger partial charge on any atom is 0.339 e. The van der Waals surface area contributed by atoms with Crippen molar-refractivity contribution < 1.29 is 29.3 Å². The van der Waals surface area contributed by atoms with Gasteiger partial charge in [0.25, 0.3) is 0 Å². The molecule has 4 saturated carbocycles. The number of hydrogen-bond acceptors (Lipinski definition) is 4. The molecular formula is C38H52O6. The number of benzene rings is 1. The van der Waals surface area contributed by atoms with E-state index in [1.807, 2.05) is 6.92 Å². The van der Waals surface area contributed by atoms with Crippen molar-refractivity contribution in [2.75, 3.05) is 0 Å².